The Balaban J connectivity index is 0.000000502. The molecule has 0 bridgehead atoms. The molecule has 2 rings (SSSR count). The van der Waals surface area contributed by atoms with Crippen LogP contribution in [0.4, 0.5) is 0 Å². The Bertz CT molecular complexity index is 755. The summed E-state index contributed by atoms with van der Waals surface area (Å²) in [5, 5.41) is 0. The Labute approximate surface area is 178 Å². The molecule has 162 valence electrons. The van der Waals surface area contributed by atoms with Gasteiger partial charge < -0.3 is 0 Å². The summed E-state index contributed by atoms with van der Waals surface area (Å²) in [4.78, 5) is 0.0610. The van der Waals surface area contributed by atoms with Gasteiger partial charge in [-0.1, -0.05) is 119 Å². The van der Waals surface area contributed by atoms with Crippen molar-refractivity contribution in [3.05, 3.63) is 65.7 Å². The summed E-state index contributed by atoms with van der Waals surface area (Å²) in [6.07, 6.45) is 13.3. The number of rotatable bonds is 12. The van der Waals surface area contributed by atoms with E-state index in [-0.39, 0.29) is 4.90 Å². The van der Waals surface area contributed by atoms with E-state index >= 15 is 0 Å². The second kappa shape index (κ2) is 15.2. The molecule has 0 aliphatic rings. The molecule has 0 aliphatic carbocycles. The third-order valence-corrected chi connectivity index (χ3v) is 5.94. The third-order valence-electron chi connectivity index (χ3n) is 4.99. The largest absolute Gasteiger partial charge is 0.294 e. The van der Waals surface area contributed by atoms with Crippen molar-refractivity contribution in [1.29, 1.82) is 0 Å². The van der Waals surface area contributed by atoms with Gasteiger partial charge in [0.25, 0.3) is 10.1 Å². The molecule has 0 amide bonds. The van der Waals surface area contributed by atoms with Crippen molar-refractivity contribution < 1.29 is 13.0 Å². The lowest BCUT2D eigenvalue weighted by Gasteiger charge is -2.07. The molecule has 0 spiro atoms. The first-order valence-electron chi connectivity index (χ1n) is 11.0. The van der Waals surface area contributed by atoms with E-state index in [1.165, 1.54) is 63.0 Å². The van der Waals surface area contributed by atoms with Crippen molar-refractivity contribution in [2.75, 3.05) is 0 Å². The van der Waals surface area contributed by atoms with E-state index in [4.69, 9.17) is 0 Å². The fourth-order valence-corrected chi connectivity index (χ4v) is 4.05. The zero-order chi connectivity index (χ0) is 21.4. The van der Waals surface area contributed by atoms with Crippen LogP contribution in [0, 0.1) is 6.92 Å². The molecule has 0 aromatic heterocycles. The van der Waals surface area contributed by atoms with Gasteiger partial charge >= 0.3 is 0 Å². The van der Waals surface area contributed by atoms with Crippen molar-refractivity contribution >= 4 is 10.1 Å². The monoisotopic (exact) mass is 418 g/mol. The molecular weight excluding hydrogens is 380 g/mol. The maximum atomic E-state index is 11.3. The van der Waals surface area contributed by atoms with Crippen molar-refractivity contribution in [3.63, 3.8) is 0 Å². The predicted molar refractivity (Wildman–Crippen MR) is 123 cm³/mol. The summed E-state index contributed by atoms with van der Waals surface area (Å²) in [7, 11) is -4.10. The molecule has 0 aliphatic heterocycles. The van der Waals surface area contributed by atoms with Crippen LogP contribution >= 0.6 is 0 Å². The minimum absolute atomic E-state index is 0.0610. The van der Waals surface area contributed by atoms with E-state index in [1.54, 1.807) is 12.1 Å². The average molecular weight is 419 g/mol. The van der Waals surface area contributed by atoms with E-state index < -0.39 is 10.1 Å². The molecule has 0 radical (unpaired) electrons. The summed E-state index contributed by atoms with van der Waals surface area (Å²) in [6.45, 7) is 4.32. The maximum absolute atomic E-state index is 11.3. The SMILES string of the molecule is CCCCCCCCCCCCc1ccccc1S(=O)(=O)O.Cc1ccccc1. The van der Waals surface area contributed by atoms with Gasteiger partial charge in [0, 0.05) is 0 Å². The molecule has 0 heterocycles. The van der Waals surface area contributed by atoms with E-state index in [0.717, 1.165) is 18.4 Å². The van der Waals surface area contributed by atoms with Crippen LogP contribution in [-0.4, -0.2) is 13.0 Å². The van der Waals surface area contributed by atoms with Crippen molar-refractivity contribution in [2.45, 2.75) is 89.4 Å². The zero-order valence-corrected chi connectivity index (χ0v) is 19.0. The Morgan fingerprint density at radius 2 is 1.17 bits per heavy atom. The molecule has 0 atom stereocenters. The van der Waals surface area contributed by atoms with Crippen LogP contribution in [-0.2, 0) is 16.5 Å². The molecule has 0 saturated carbocycles. The molecule has 4 heteroatoms. The van der Waals surface area contributed by atoms with Gasteiger partial charge in [0.2, 0.25) is 0 Å². The standard InChI is InChI=1S/C18H30O3S.C7H8/c1-2-3-4-5-6-7-8-9-10-11-14-17-15-12-13-16-18(17)22(19,20)21;1-7-5-3-2-4-6-7/h12-13,15-16H,2-11,14H2,1H3,(H,19,20,21);2-6H,1H3. The van der Waals surface area contributed by atoms with Crippen LogP contribution in [0.5, 0.6) is 0 Å². The van der Waals surface area contributed by atoms with Crippen molar-refractivity contribution in [2.24, 2.45) is 0 Å². The van der Waals surface area contributed by atoms with Gasteiger partial charge in [-0.3, -0.25) is 4.55 Å². The van der Waals surface area contributed by atoms with Crippen LogP contribution in [0.15, 0.2) is 59.5 Å². The Kier molecular flexibility index (Phi) is 13.3. The normalized spacial score (nSPS) is 11.0. The maximum Gasteiger partial charge on any atom is 0.294 e. The second-order valence-corrected chi connectivity index (χ2v) is 9.06. The summed E-state index contributed by atoms with van der Waals surface area (Å²) in [6, 6.07) is 17.0. The summed E-state index contributed by atoms with van der Waals surface area (Å²) >= 11 is 0. The molecule has 3 nitrogen and oxygen atoms in total. The lowest BCUT2D eigenvalue weighted by atomic mass is 10.0. The topological polar surface area (TPSA) is 54.4 Å². The molecular formula is C25H38O3S. The number of aryl methyl sites for hydroxylation is 2. The summed E-state index contributed by atoms with van der Waals surface area (Å²) < 4.78 is 31.8. The lowest BCUT2D eigenvalue weighted by Crippen LogP contribution is -2.03. The highest BCUT2D eigenvalue weighted by atomic mass is 32.2. The first-order valence-corrected chi connectivity index (χ1v) is 12.5. The van der Waals surface area contributed by atoms with Gasteiger partial charge in [-0.25, -0.2) is 0 Å². The van der Waals surface area contributed by atoms with Gasteiger partial charge in [0.1, 0.15) is 0 Å². The summed E-state index contributed by atoms with van der Waals surface area (Å²) in [5.74, 6) is 0. The molecule has 29 heavy (non-hydrogen) atoms. The quantitative estimate of drug-likeness (QED) is 0.289. The third kappa shape index (κ3) is 12.5. The first kappa shape index (κ1) is 25.4. The van der Waals surface area contributed by atoms with Gasteiger partial charge in [-0.15, -0.1) is 0 Å². The van der Waals surface area contributed by atoms with Crippen LogP contribution in [0.25, 0.3) is 0 Å². The van der Waals surface area contributed by atoms with Crippen molar-refractivity contribution in [3.8, 4) is 0 Å². The lowest BCUT2D eigenvalue weighted by molar-refractivity contribution is 0.481. The molecule has 0 fully saturated rings. The molecule has 2 aromatic rings. The van der Waals surface area contributed by atoms with E-state index in [9.17, 15) is 13.0 Å². The zero-order valence-electron chi connectivity index (χ0n) is 18.1. The van der Waals surface area contributed by atoms with Crippen LogP contribution in [0.1, 0.15) is 82.3 Å². The fraction of sp³-hybridized carbons (Fsp3) is 0.520. The van der Waals surface area contributed by atoms with Crippen LogP contribution < -0.4 is 0 Å². The molecule has 2 aromatic carbocycles. The van der Waals surface area contributed by atoms with Crippen LogP contribution in [0.2, 0.25) is 0 Å². The smallest absolute Gasteiger partial charge is 0.282 e. The minimum atomic E-state index is -4.10. The number of hydrogen-bond donors (Lipinski definition) is 1. The highest BCUT2D eigenvalue weighted by Gasteiger charge is 2.13. The van der Waals surface area contributed by atoms with Gasteiger partial charge in [-0.2, -0.15) is 8.42 Å². The molecule has 1 N–H and O–H groups in total. The Hall–Kier alpha value is -1.65. The van der Waals surface area contributed by atoms with E-state index in [2.05, 4.69) is 26.0 Å². The van der Waals surface area contributed by atoms with Crippen LogP contribution in [0.3, 0.4) is 0 Å². The Morgan fingerprint density at radius 1 is 0.690 bits per heavy atom. The molecule has 0 saturated heterocycles. The van der Waals surface area contributed by atoms with Gasteiger partial charge in [0.05, 0.1) is 4.90 Å². The molecule has 0 unspecified atom stereocenters. The number of hydrogen-bond acceptors (Lipinski definition) is 2. The fourth-order valence-electron chi connectivity index (χ4n) is 3.30. The minimum Gasteiger partial charge on any atom is -0.282 e. The van der Waals surface area contributed by atoms with E-state index in [1.807, 2.05) is 24.3 Å². The summed E-state index contributed by atoms with van der Waals surface area (Å²) in [5.41, 5.74) is 2.05. The predicted octanol–water partition coefficient (Wildman–Crippen LogP) is 7.39. The van der Waals surface area contributed by atoms with E-state index in [0.29, 0.717) is 6.42 Å². The average Bonchev–Trinajstić information content (AvgIpc) is 2.70. The first-order chi connectivity index (χ1) is 13.9. The Morgan fingerprint density at radius 3 is 1.66 bits per heavy atom. The van der Waals surface area contributed by atoms with Gasteiger partial charge in [-0.05, 0) is 31.4 Å². The second-order valence-electron chi connectivity index (χ2n) is 7.67. The highest BCUT2D eigenvalue weighted by Crippen LogP contribution is 2.18. The van der Waals surface area contributed by atoms with Crippen molar-refractivity contribution in [1.82, 2.24) is 0 Å². The van der Waals surface area contributed by atoms with Gasteiger partial charge in [0.15, 0.2) is 0 Å². The highest BCUT2D eigenvalue weighted by molar-refractivity contribution is 7.85. The number of benzene rings is 2. The number of unbranched alkanes of at least 4 members (excludes halogenated alkanes) is 9.